The summed E-state index contributed by atoms with van der Waals surface area (Å²) in [5.74, 6) is 0.316. The van der Waals surface area contributed by atoms with Crippen LogP contribution in [0.2, 0.25) is 0 Å². The average molecular weight is 537 g/mol. The van der Waals surface area contributed by atoms with Crippen LogP contribution < -0.4 is 14.2 Å². The van der Waals surface area contributed by atoms with Crippen LogP contribution in [-0.4, -0.2) is 72.6 Å². The summed E-state index contributed by atoms with van der Waals surface area (Å²) in [6.07, 6.45) is 3.94. The number of amides is 1. The van der Waals surface area contributed by atoms with E-state index in [1.54, 1.807) is 23.1 Å². The molecule has 8 nitrogen and oxygen atoms in total. The van der Waals surface area contributed by atoms with Crippen molar-refractivity contribution in [2.75, 3.05) is 46.0 Å². The summed E-state index contributed by atoms with van der Waals surface area (Å²) in [6, 6.07) is 11.8. The molecule has 0 aliphatic carbocycles. The fraction of sp³-hybridized carbons (Fsp3) is 0.484. The number of fused-ring (bicyclic) bond motifs is 1. The van der Waals surface area contributed by atoms with Crippen molar-refractivity contribution in [2.24, 2.45) is 0 Å². The lowest BCUT2D eigenvalue weighted by atomic mass is 9.95. The summed E-state index contributed by atoms with van der Waals surface area (Å²) in [6.45, 7) is 10.9. The van der Waals surface area contributed by atoms with E-state index >= 15 is 0 Å². The third-order valence-electron chi connectivity index (χ3n) is 7.34. The maximum Gasteiger partial charge on any atom is 0.295 e. The molecule has 2 aliphatic rings. The van der Waals surface area contributed by atoms with E-state index < -0.39 is 17.7 Å². The van der Waals surface area contributed by atoms with E-state index in [4.69, 9.17) is 14.2 Å². The Hall–Kier alpha value is -3.52. The molecule has 0 spiro atoms. The van der Waals surface area contributed by atoms with Crippen LogP contribution in [0, 0.1) is 0 Å². The van der Waals surface area contributed by atoms with E-state index in [1.165, 1.54) is 0 Å². The van der Waals surface area contributed by atoms with Crippen molar-refractivity contribution in [1.82, 2.24) is 9.80 Å². The smallest absolute Gasteiger partial charge is 0.295 e. The maximum atomic E-state index is 13.4. The van der Waals surface area contributed by atoms with Gasteiger partial charge in [0, 0.05) is 12.1 Å². The standard InChI is InChI=1S/C31H40N2O6/c1-4-7-8-18-37-24-13-10-22(11-14-24)28-27(29(34)23-12-15-25-26(21-23)39-20-19-38-25)30(35)31(36)33(28)17-9-16-32(5-2)6-3/h10-15,21,28,34H,4-9,16-20H2,1-3H3/t28-/m0/s1. The number of likely N-dealkylation sites (tertiary alicyclic amines) is 1. The van der Waals surface area contributed by atoms with Crippen LogP contribution in [0.15, 0.2) is 48.0 Å². The molecule has 8 heteroatoms. The Bertz CT molecular complexity index is 1170. The van der Waals surface area contributed by atoms with Crippen LogP contribution in [0.1, 0.15) is 63.6 Å². The van der Waals surface area contributed by atoms with Gasteiger partial charge >= 0.3 is 0 Å². The summed E-state index contributed by atoms with van der Waals surface area (Å²) in [4.78, 5) is 30.6. The van der Waals surface area contributed by atoms with Crippen molar-refractivity contribution in [1.29, 1.82) is 0 Å². The van der Waals surface area contributed by atoms with Crippen LogP contribution in [-0.2, 0) is 9.59 Å². The molecule has 0 saturated carbocycles. The first kappa shape index (κ1) is 28.5. The fourth-order valence-electron chi connectivity index (χ4n) is 5.10. The lowest BCUT2D eigenvalue weighted by molar-refractivity contribution is -0.140. The SMILES string of the molecule is CCCCCOc1ccc([C@H]2C(=C(O)c3ccc4c(c3)OCCO4)C(=O)C(=O)N2CCCN(CC)CC)cc1. The second-order valence-electron chi connectivity index (χ2n) is 9.86. The molecule has 210 valence electrons. The van der Waals surface area contributed by atoms with Gasteiger partial charge in [0.2, 0.25) is 0 Å². The highest BCUT2D eigenvalue weighted by Crippen LogP contribution is 2.41. The normalized spacial score (nSPS) is 18.2. The van der Waals surface area contributed by atoms with Crippen LogP contribution in [0.4, 0.5) is 0 Å². The number of Topliss-reactive ketones (excluding diaryl/α,β-unsaturated/α-hetero) is 1. The monoisotopic (exact) mass is 536 g/mol. The minimum atomic E-state index is -0.705. The number of carbonyl (C=O) groups is 2. The van der Waals surface area contributed by atoms with Gasteiger partial charge in [-0.15, -0.1) is 0 Å². The quantitative estimate of drug-likeness (QED) is 0.163. The van der Waals surface area contributed by atoms with Gasteiger partial charge in [-0.3, -0.25) is 9.59 Å². The van der Waals surface area contributed by atoms with Crippen molar-refractivity contribution in [3.63, 3.8) is 0 Å². The van der Waals surface area contributed by atoms with E-state index in [1.807, 2.05) is 24.3 Å². The number of aliphatic hydroxyl groups excluding tert-OH is 1. The molecule has 2 aromatic rings. The minimum Gasteiger partial charge on any atom is -0.507 e. The Morgan fingerprint density at radius 2 is 1.69 bits per heavy atom. The Morgan fingerprint density at radius 1 is 0.974 bits per heavy atom. The van der Waals surface area contributed by atoms with Gasteiger partial charge in [-0.1, -0.05) is 45.7 Å². The van der Waals surface area contributed by atoms with E-state index in [2.05, 4.69) is 25.7 Å². The van der Waals surface area contributed by atoms with Crippen LogP contribution in [0.5, 0.6) is 17.2 Å². The van der Waals surface area contributed by atoms with Crippen LogP contribution >= 0.6 is 0 Å². The van der Waals surface area contributed by atoms with Gasteiger partial charge in [-0.2, -0.15) is 0 Å². The topological polar surface area (TPSA) is 88.5 Å². The summed E-state index contributed by atoms with van der Waals surface area (Å²) >= 11 is 0. The van der Waals surface area contributed by atoms with Gasteiger partial charge in [0.05, 0.1) is 18.2 Å². The Balaban J connectivity index is 1.66. The number of aliphatic hydroxyl groups is 1. The predicted octanol–water partition coefficient (Wildman–Crippen LogP) is 5.18. The van der Waals surface area contributed by atoms with E-state index in [-0.39, 0.29) is 11.3 Å². The van der Waals surface area contributed by atoms with Crippen LogP contribution in [0.25, 0.3) is 5.76 Å². The molecule has 0 radical (unpaired) electrons. The number of unbranched alkanes of at least 4 members (excludes halogenated alkanes) is 2. The van der Waals surface area contributed by atoms with Gasteiger partial charge in [0.1, 0.15) is 24.7 Å². The number of hydrogen-bond acceptors (Lipinski definition) is 7. The highest BCUT2D eigenvalue weighted by Gasteiger charge is 2.45. The molecule has 2 aromatic carbocycles. The van der Waals surface area contributed by atoms with Gasteiger partial charge in [0.25, 0.3) is 11.7 Å². The number of ether oxygens (including phenoxy) is 3. The largest absolute Gasteiger partial charge is 0.507 e. The summed E-state index contributed by atoms with van der Waals surface area (Å²) < 4.78 is 17.1. The van der Waals surface area contributed by atoms with E-state index in [0.717, 1.165) is 50.2 Å². The van der Waals surface area contributed by atoms with Crippen molar-refractivity contribution in [3.05, 3.63) is 59.2 Å². The Kier molecular flexibility index (Phi) is 9.87. The number of carbonyl (C=O) groups excluding carboxylic acids is 2. The van der Waals surface area contributed by atoms with Gasteiger partial charge < -0.3 is 29.1 Å². The molecule has 1 atom stereocenters. The fourth-order valence-corrected chi connectivity index (χ4v) is 5.10. The number of benzene rings is 2. The second-order valence-corrected chi connectivity index (χ2v) is 9.86. The number of rotatable bonds is 13. The summed E-state index contributed by atoms with van der Waals surface area (Å²) in [5.41, 5.74) is 1.23. The zero-order valence-corrected chi connectivity index (χ0v) is 23.3. The third kappa shape index (κ3) is 6.56. The van der Waals surface area contributed by atoms with Crippen molar-refractivity contribution >= 4 is 17.4 Å². The lowest BCUT2D eigenvalue weighted by Gasteiger charge is -2.27. The molecule has 1 fully saturated rings. The molecule has 0 aromatic heterocycles. The Labute approximate surface area is 231 Å². The van der Waals surface area contributed by atoms with Gasteiger partial charge in [0.15, 0.2) is 11.5 Å². The molecule has 0 bridgehead atoms. The third-order valence-corrected chi connectivity index (χ3v) is 7.34. The van der Waals surface area contributed by atoms with E-state index in [9.17, 15) is 14.7 Å². The number of hydrogen-bond donors (Lipinski definition) is 1. The number of nitrogens with zero attached hydrogens (tertiary/aromatic N) is 2. The highest BCUT2D eigenvalue weighted by molar-refractivity contribution is 6.46. The zero-order valence-electron chi connectivity index (χ0n) is 23.3. The van der Waals surface area contributed by atoms with E-state index in [0.29, 0.717) is 49.8 Å². The van der Waals surface area contributed by atoms with Crippen LogP contribution in [0.3, 0.4) is 0 Å². The summed E-state index contributed by atoms with van der Waals surface area (Å²) in [7, 11) is 0. The van der Waals surface area contributed by atoms with Crippen molar-refractivity contribution < 1.29 is 28.9 Å². The molecule has 1 N–H and O–H groups in total. The molecule has 0 unspecified atom stereocenters. The first-order chi connectivity index (χ1) is 19.0. The lowest BCUT2D eigenvalue weighted by Crippen LogP contribution is -2.33. The second kappa shape index (κ2) is 13.5. The molecule has 2 aliphatic heterocycles. The molecule has 1 amide bonds. The summed E-state index contributed by atoms with van der Waals surface area (Å²) in [5, 5.41) is 11.4. The van der Waals surface area contributed by atoms with Crippen molar-refractivity contribution in [3.8, 4) is 17.2 Å². The zero-order chi connectivity index (χ0) is 27.8. The van der Waals surface area contributed by atoms with Crippen molar-refractivity contribution in [2.45, 2.75) is 52.5 Å². The highest BCUT2D eigenvalue weighted by atomic mass is 16.6. The molecule has 2 heterocycles. The molecule has 39 heavy (non-hydrogen) atoms. The molecular weight excluding hydrogens is 496 g/mol. The first-order valence-electron chi connectivity index (χ1n) is 14.1. The maximum absolute atomic E-state index is 13.4. The van der Waals surface area contributed by atoms with Gasteiger partial charge in [-0.25, -0.2) is 0 Å². The molecule has 4 rings (SSSR count). The molecule has 1 saturated heterocycles. The van der Waals surface area contributed by atoms with Gasteiger partial charge in [-0.05, 0) is 68.4 Å². The predicted molar refractivity (Wildman–Crippen MR) is 150 cm³/mol. The average Bonchev–Trinajstić information content (AvgIpc) is 3.22. The first-order valence-corrected chi connectivity index (χ1v) is 14.1. The molecular formula is C31H40N2O6. The Morgan fingerprint density at radius 3 is 2.38 bits per heavy atom. The number of ketones is 1. The minimum absolute atomic E-state index is 0.0798.